The number of amides is 1. The molecule has 98 valence electrons. The third-order valence-corrected chi connectivity index (χ3v) is 3.22. The predicted octanol–water partition coefficient (Wildman–Crippen LogP) is 0.759. The Bertz CT molecular complexity index is 452. The van der Waals surface area contributed by atoms with E-state index in [-0.39, 0.29) is 31.5 Å². The number of hydrogen-bond acceptors (Lipinski definition) is 3. The molecule has 0 saturated carbocycles. The minimum atomic E-state index is -0.797. The van der Waals surface area contributed by atoms with Crippen LogP contribution in [-0.4, -0.2) is 30.8 Å². The van der Waals surface area contributed by atoms with Crippen LogP contribution in [-0.2, 0) is 16.1 Å². The summed E-state index contributed by atoms with van der Waals surface area (Å²) in [7, 11) is 0. The van der Waals surface area contributed by atoms with Crippen molar-refractivity contribution in [3.05, 3.63) is 35.1 Å². The molecule has 1 aliphatic heterocycles. The van der Waals surface area contributed by atoms with Gasteiger partial charge in [0.15, 0.2) is 0 Å². The smallest absolute Gasteiger partial charge is 0.233 e. The van der Waals surface area contributed by atoms with Gasteiger partial charge in [-0.05, 0) is 24.1 Å². The topological polar surface area (TPSA) is 58.6 Å². The van der Waals surface area contributed by atoms with Crippen molar-refractivity contribution < 1.29 is 19.0 Å². The first-order valence-electron chi connectivity index (χ1n) is 5.79. The third kappa shape index (κ3) is 2.37. The quantitative estimate of drug-likeness (QED) is 0.833. The second-order valence-electron chi connectivity index (χ2n) is 4.70. The largest absolute Gasteiger partial charge is 0.395 e. The van der Waals surface area contributed by atoms with E-state index in [2.05, 4.69) is 5.32 Å². The van der Waals surface area contributed by atoms with Gasteiger partial charge in [0.1, 0.15) is 11.2 Å². The average Bonchev–Trinajstić information content (AvgIpc) is 2.30. The molecule has 0 spiro atoms. The zero-order valence-corrected chi connectivity index (χ0v) is 10.2. The lowest BCUT2D eigenvalue weighted by atomic mass is 9.86. The normalized spacial score (nSPS) is 17.1. The van der Waals surface area contributed by atoms with Crippen molar-refractivity contribution in [2.45, 2.75) is 13.5 Å². The van der Waals surface area contributed by atoms with Gasteiger partial charge in [0.05, 0.1) is 19.8 Å². The molecule has 1 aromatic carbocycles. The standard InChI is InChI=1S/C13H16FNO3/c1-9-4-10(2-3-11(9)14)5-15-12(17)13(6-16)7-18-8-13/h2-4,16H,5-8H2,1H3,(H,15,17). The Kier molecular flexibility index (Phi) is 3.63. The van der Waals surface area contributed by atoms with Crippen LogP contribution in [0.2, 0.25) is 0 Å². The van der Waals surface area contributed by atoms with E-state index >= 15 is 0 Å². The number of ether oxygens (including phenoxy) is 1. The summed E-state index contributed by atoms with van der Waals surface area (Å²) in [6.07, 6.45) is 0. The molecule has 5 heteroatoms. The van der Waals surface area contributed by atoms with Gasteiger partial charge >= 0.3 is 0 Å². The van der Waals surface area contributed by atoms with E-state index in [1.54, 1.807) is 19.1 Å². The van der Waals surface area contributed by atoms with E-state index in [1.807, 2.05) is 0 Å². The highest BCUT2D eigenvalue weighted by molar-refractivity contribution is 5.83. The van der Waals surface area contributed by atoms with E-state index < -0.39 is 5.41 Å². The predicted molar refractivity (Wildman–Crippen MR) is 63.3 cm³/mol. The van der Waals surface area contributed by atoms with Crippen LogP contribution in [0.4, 0.5) is 4.39 Å². The molecule has 0 aromatic heterocycles. The molecule has 0 radical (unpaired) electrons. The Hall–Kier alpha value is -1.46. The van der Waals surface area contributed by atoms with Gasteiger partial charge in [-0.3, -0.25) is 4.79 Å². The lowest BCUT2D eigenvalue weighted by molar-refractivity contribution is -0.170. The fraction of sp³-hybridized carbons (Fsp3) is 0.462. The number of carbonyl (C=O) groups is 1. The van der Waals surface area contributed by atoms with Crippen molar-refractivity contribution in [3.63, 3.8) is 0 Å². The minimum absolute atomic E-state index is 0.221. The lowest BCUT2D eigenvalue weighted by Crippen LogP contribution is -2.56. The third-order valence-electron chi connectivity index (χ3n) is 3.22. The molecular formula is C13H16FNO3. The fourth-order valence-corrected chi connectivity index (χ4v) is 1.83. The summed E-state index contributed by atoms with van der Waals surface area (Å²) in [6.45, 7) is 2.27. The molecule has 1 saturated heterocycles. The maximum absolute atomic E-state index is 13.1. The second kappa shape index (κ2) is 5.04. The number of benzene rings is 1. The SMILES string of the molecule is Cc1cc(CNC(=O)C2(CO)COC2)ccc1F. The van der Waals surface area contributed by atoms with Gasteiger partial charge in [0.25, 0.3) is 0 Å². The highest BCUT2D eigenvalue weighted by atomic mass is 19.1. The van der Waals surface area contributed by atoms with E-state index in [1.165, 1.54) is 6.07 Å². The summed E-state index contributed by atoms with van der Waals surface area (Å²) in [5, 5.41) is 11.9. The van der Waals surface area contributed by atoms with Crippen LogP contribution in [0.3, 0.4) is 0 Å². The number of aliphatic hydroxyl groups is 1. The molecule has 1 aromatic rings. The summed E-state index contributed by atoms with van der Waals surface area (Å²) in [4.78, 5) is 11.9. The number of halogens is 1. The van der Waals surface area contributed by atoms with Crippen LogP contribution >= 0.6 is 0 Å². The molecule has 1 fully saturated rings. The zero-order valence-electron chi connectivity index (χ0n) is 10.2. The lowest BCUT2D eigenvalue weighted by Gasteiger charge is -2.38. The fourth-order valence-electron chi connectivity index (χ4n) is 1.83. The number of rotatable bonds is 4. The summed E-state index contributed by atoms with van der Waals surface area (Å²) < 4.78 is 18.0. The molecule has 0 atom stereocenters. The molecular weight excluding hydrogens is 237 g/mol. The van der Waals surface area contributed by atoms with E-state index in [0.717, 1.165) is 5.56 Å². The number of hydrogen-bond donors (Lipinski definition) is 2. The van der Waals surface area contributed by atoms with Crippen LogP contribution in [0, 0.1) is 18.2 Å². The second-order valence-corrected chi connectivity index (χ2v) is 4.70. The summed E-state index contributed by atoms with van der Waals surface area (Å²) in [5.74, 6) is -0.484. The van der Waals surface area contributed by atoms with Crippen molar-refractivity contribution in [2.75, 3.05) is 19.8 Å². The molecule has 1 aliphatic rings. The maximum Gasteiger partial charge on any atom is 0.233 e. The van der Waals surface area contributed by atoms with E-state index in [0.29, 0.717) is 12.1 Å². The molecule has 18 heavy (non-hydrogen) atoms. The molecule has 0 bridgehead atoms. The maximum atomic E-state index is 13.1. The molecule has 1 amide bonds. The van der Waals surface area contributed by atoms with Gasteiger partial charge < -0.3 is 15.2 Å². The summed E-state index contributed by atoms with van der Waals surface area (Å²) in [5.41, 5.74) is 0.580. The van der Waals surface area contributed by atoms with Crippen LogP contribution in [0.25, 0.3) is 0 Å². The Labute approximate surface area is 105 Å². The zero-order chi connectivity index (χ0) is 13.2. The van der Waals surface area contributed by atoms with Crippen LogP contribution in [0.15, 0.2) is 18.2 Å². The van der Waals surface area contributed by atoms with Gasteiger partial charge in [-0.1, -0.05) is 12.1 Å². The first-order valence-corrected chi connectivity index (χ1v) is 5.79. The van der Waals surface area contributed by atoms with Gasteiger partial charge in [-0.25, -0.2) is 4.39 Å². The molecule has 1 heterocycles. The Balaban J connectivity index is 1.95. The summed E-state index contributed by atoms with van der Waals surface area (Å²) >= 11 is 0. The van der Waals surface area contributed by atoms with Crippen LogP contribution in [0.5, 0.6) is 0 Å². The van der Waals surface area contributed by atoms with Crippen molar-refractivity contribution in [3.8, 4) is 0 Å². The first kappa shape index (κ1) is 13.0. The summed E-state index contributed by atoms with van der Waals surface area (Å²) in [6, 6.07) is 4.70. The number of aryl methyl sites for hydroxylation is 1. The van der Waals surface area contributed by atoms with E-state index in [4.69, 9.17) is 4.74 Å². The molecule has 2 rings (SSSR count). The van der Waals surface area contributed by atoms with Crippen molar-refractivity contribution in [2.24, 2.45) is 5.41 Å². The first-order chi connectivity index (χ1) is 8.57. The van der Waals surface area contributed by atoms with Crippen molar-refractivity contribution >= 4 is 5.91 Å². The minimum Gasteiger partial charge on any atom is -0.395 e. The highest BCUT2D eigenvalue weighted by Gasteiger charge is 2.45. The van der Waals surface area contributed by atoms with E-state index in [9.17, 15) is 14.3 Å². The van der Waals surface area contributed by atoms with Crippen LogP contribution < -0.4 is 5.32 Å². The van der Waals surface area contributed by atoms with Crippen LogP contribution in [0.1, 0.15) is 11.1 Å². The Morgan fingerprint density at radius 3 is 2.78 bits per heavy atom. The Morgan fingerprint density at radius 1 is 1.56 bits per heavy atom. The number of carbonyl (C=O) groups excluding carboxylic acids is 1. The number of aliphatic hydroxyl groups excluding tert-OH is 1. The van der Waals surface area contributed by atoms with Gasteiger partial charge in [0, 0.05) is 6.54 Å². The average molecular weight is 253 g/mol. The van der Waals surface area contributed by atoms with Gasteiger partial charge in [-0.2, -0.15) is 0 Å². The molecule has 2 N–H and O–H groups in total. The monoisotopic (exact) mass is 253 g/mol. The Morgan fingerprint density at radius 2 is 2.28 bits per heavy atom. The molecule has 4 nitrogen and oxygen atoms in total. The number of nitrogens with one attached hydrogen (secondary N) is 1. The van der Waals surface area contributed by atoms with Crippen molar-refractivity contribution in [1.29, 1.82) is 0 Å². The molecule has 0 aliphatic carbocycles. The van der Waals surface area contributed by atoms with Crippen molar-refractivity contribution in [1.82, 2.24) is 5.32 Å². The highest BCUT2D eigenvalue weighted by Crippen LogP contribution is 2.26. The van der Waals surface area contributed by atoms with Gasteiger partial charge in [-0.15, -0.1) is 0 Å². The molecule has 0 unspecified atom stereocenters. The van der Waals surface area contributed by atoms with Gasteiger partial charge in [0.2, 0.25) is 5.91 Å².